The lowest BCUT2D eigenvalue weighted by molar-refractivity contribution is -0.129. The van der Waals surface area contributed by atoms with E-state index in [0.717, 1.165) is 35.9 Å². The Bertz CT molecular complexity index is 1830. The minimum Gasteiger partial charge on any atom is -0.386 e. The summed E-state index contributed by atoms with van der Waals surface area (Å²) in [5.74, 6) is -0.352. The Kier molecular flexibility index (Phi) is 8.71. The van der Waals surface area contributed by atoms with Gasteiger partial charge in [-0.15, -0.1) is 0 Å². The molecule has 0 spiro atoms. The van der Waals surface area contributed by atoms with Crippen LogP contribution >= 0.6 is 0 Å². The average Bonchev–Trinajstić information content (AvgIpc) is 3.04. The lowest BCUT2D eigenvalue weighted by atomic mass is 9.77. The molecule has 1 aromatic heterocycles. The molecule has 2 heterocycles. The molecule has 4 aromatic carbocycles. The van der Waals surface area contributed by atoms with E-state index in [1.165, 1.54) is 34.2 Å². The molecule has 1 amide bonds. The zero-order valence-corrected chi connectivity index (χ0v) is 25.8. The second kappa shape index (κ2) is 13.0. The third-order valence-electron chi connectivity index (χ3n) is 8.76. The molecule has 3 N–H and O–H groups in total. The molecule has 5 aromatic rings. The molecule has 0 atom stereocenters. The van der Waals surface area contributed by atoms with Crippen LogP contribution in [0.5, 0.6) is 0 Å². The molecular weight excluding hydrogens is 561 g/mol. The first-order valence-electron chi connectivity index (χ1n) is 15.5. The molecule has 1 aliphatic heterocycles. The zero-order chi connectivity index (χ0) is 31.4. The number of hydrogen-bond acceptors (Lipinski definition) is 4. The smallest absolute Gasteiger partial charge is 0.240 e. The molecular formula is C38H38FN5O. The minimum atomic E-state index is -1.01. The van der Waals surface area contributed by atoms with Crippen molar-refractivity contribution in [1.29, 1.82) is 0 Å². The number of likely N-dealkylation sites (tertiary alicyclic amines) is 1. The van der Waals surface area contributed by atoms with Gasteiger partial charge in [-0.05, 0) is 102 Å². The quantitative estimate of drug-likeness (QED) is 0.131. The lowest BCUT2D eigenvalue weighted by Gasteiger charge is -2.48. The maximum absolute atomic E-state index is 13.7. The Morgan fingerprint density at radius 2 is 1.58 bits per heavy atom. The summed E-state index contributed by atoms with van der Waals surface area (Å²) in [5, 5.41) is 4.12. The van der Waals surface area contributed by atoms with E-state index in [-0.39, 0.29) is 17.6 Å². The van der Waals surface area contributed by atoms with E-state index < -0.39 is 5.41 Å². The van der Waals surface area contributed by atoms with Crippen LogP contribution in [0.25, 0.3) is 10.9 Å². The summed E-state index contributed by atoms with van der Waals surface area (Å²) in [6, 6.07) is 30.5. The number of halogens is 1. The Labute approximate surface area is 263 Å². The van der Waals surface area contributed by atoms with E-state index in [9.17, 15) is 9.18 Å². The van der Waals surface area contributed by atoms with Crippen LogP contribution in [0, 0.1) is 11.2 Å². The molecule has 45 heavy (non-hydrogen) atoms. The average molecular weight is 600 g/mol. The van der Waals surface area contributed by atoms with E-state index in [0.29, 0.717) is 31.0 Å². The van der Waals surface area contributed by atoms with Crippen LogP contribution in [-0.4, -0.2) is 34.7 Å². The maximum Gasteiger partial charge on any atom is 0.240 e. The number of rotatable bonds is 10. The van der Waals surface area contributed by atoms with Gasteiger partial charge in [-0.3, -0.25) is 14.7 Å². The van der Waals surface area contributed by atoms with Gasteiger partial charge >= 0.3 is 0 Å². The molecule has 228 valence electrons. The summed E-state index contributed by atoms with van der Waals surface area (Å²) in [6.07, 6.45) is 4.65. The topological polar surface area (TPSA) is 83.6 Å². The summed E-state index contributed by atoms with van der Waals surface area (Å²) < 4.78 is 13.5. The lowest BCUT2D eigenvalue weighted by Crippen LogP contribution is -2.67. The van der Waals surface area contributed by atoms with Gasteiger partial charge in [-0.1, -0.05) is 56.3 Å². The van der Waals surface area contributed by atoms with Crippen LogP contribution < -0.4 is 11.1 Å². The van der Waals surface area contributed by atoms with Crippen LogP contribution in [0.4, 0.5) is 15.8 Å². The number of anilines is 1. The van der Waals surface area contributed by atoms with Crippen LogP contribution in [0.2, 0.25) is 0 Å². The highest BCUT2D eigenvalue weighted by molar-refractivity contribution is 6.14. The number of benzene rings is 4. The predicted octanol–water partition coefficient (Wildman–Crippen LogP) is 7.22. The number of aromatic nitrogens is 1. The van der Waals surface area contributed by atoms with Crippen LogP contribution in [-0.2, 0) is 30.6 Å². The number of fused-ring (bicyclic) bond motifs is 1. The van der Waals surface area contributed by atoms with Crippen LogP contribution in [0.3, 0.4) is 0 Å². The van der Waals surface area contributed by atoms with Crippen molar-refractivity contribution in [2.24, 2.45) is 16.1 Å². The Hall–Kier alpha value is -4.88. The van der Waals surface area contributed by atoms with Crippen LogP contribution in [0.15, 0.2) is 108 Å². The number of nitrogens with zero attached hydrogens (tertiary/aromatic N) is 3. The monoisotopic (exact) mass is 599 g/mol. The maximum atomic E-state index is 13.7. The SMILES string of the molecule is CCc1cc2nccc(Cc3ccc(N=C(N)C4(C(=O)Nc5ccc(F)cc5)CN(Cc5ccccc5)C4)cc3)c2cc1CC. The summed E-state index contributed by atoms with van der Waals surface area (Å²) in [4.78, 5) is 25.2. The molecule has 0 saturated carbocycles. The standard InChI is InChI=1S/C38H38FN5O/c1-3-28-21-34-30(18-19-41-35(34)22-29(28)4-2)20-26-10-14-32(15-11-26)42-36(40)38(37(45)43-33-16-12-31(39)13-17-33)24-44(25-38)23-27-8-6-5-7-9-27/h5-19,21-22H,3-4,20,23-25H2,1-2H3,(H2,40,42)(H,43,45). The summed E-state index contributed by atoms with van der Waals surface area (Å²) in [7, 11) is 0. The van der Waals surface area contributed by atoms with Crippen molar-refractivity contribution in [3.63, 3.8) is 0 Å². The molecule has 1 aliphatic rings. The number of carbonyl (C=O) groups excluding carboxylic acids is 1. The number of amidine groups is 1. The normalized spacial score (nSPS) is 14.7. The summed E-state index contributed by atoms with van der Waals surface area (Å²) in [6.45, 7) is 5.94. The Morgan fingerprint density at radius 1 is 0.889 bits per heavy atom. The summed E-state index contributed by atoms with van der Waals surface area (Å²) >= 11 is 0. The fourth-order valence-electron chi connectivity index (χ4n) is 6.18. The van der Waals surface area contributed by atoms with Gasteiger partial charge in [0.1, 0.15) is 17.1 Å². The van der Waals surface area contributed by atoms with E-state index in [1.807, 2.05) is 36.5 Å². The Balaban J connectivity index is 1.22. The first-order valence-corrected chi connectivity index (χ1v) is 15.5. The molecule has 0 unspecified atom stereocenters. The van der Waals surface area contributed by atoms with Crippen molar-refractivity contribution >= 4 is 34.0 Å². The third-order valence-corrected chi connectivity index (χ3v) is 8.76. The fourth-order valence-corrected chi connectivity index (χ4v) is 6.18. The van der Waals surface area contributed by atoms with Crippen molar-refractivity contribution in [3.8, 4) is 0 Å². The van der Waals surface area contributed by atoms with Gasteiger partial charge in [0.15, 0.2) is 0 Å². The number of hydrogen-bond donors (Lipinski definition) is 2. The second-order valence-corrected chi connectivity index (χ2v) is 11.8. The number of nitrogens with two attached hydrogens (primary N) is 1. The molecule has 6 nitrogen and oxygen atoms in total. The molecule has 0 aliphatic carbocycles. The predicted molar refractivity (Wildman–Crippen MR) is 180 cm³/mol. The fraction of sp³-hybridized carbons (Fsp3) is 0.237. The van der Waals surface area contributed by atoms with Gasteiger partial charge in [0.2, 0.25) is 5.91 Å². The molecule has 1 saturated heterocycles. The highest BCUT2D eigenvalue weighted by Gasteiger charge is 2.52. The van der Waals surface area contributed by atoms with Crippen molar-refractivity contribution < 1.29 is 9.18 Å². The van der Waals surface area contributed by atoms with Crippen LogP contribution in [0.1, 0.15) is 41.7 Å². The second-order valence-electron chi connectivity index (χ2n) is 11.8. The zero-order valence-electron chi connectivity index (χ0n) is 25.8. The number of aliphatic imine (C=N–C) groups is 1. The molecule has 7 heteroatoms. The highest BCUT2D eigenvalue weighted by atomic mass is 19.1. The van der Waals surface area contributed by atoms with Crippen molar-refractivity contribution in [2.75, 3.05) is 18.4 Å². The first-order chi connectivity index (χ1) is 21.9. The first kappa shape index (κ1) is 30.2. The van der Waals surface area contributed by atoms with Gasteiger partial charge in [-0.25, -0.2) is 9.38 Å². The number of carbonyl (C=O) groups is 1. The molecule has 1 fully saturated rings. The van der Waals surface area contributed by atoms with E-state index in [4.69, 9.17) is 10.7 Å². The third kappa shape index (κ3) is 6.49. The molecule has 0 radical (unpaired) electrons. The largest absolute Gasteiger partial charge is 0.386 e. The number of nitrogens with one attached hydrogen (secondary N) is 1. The van der Waals surface area contributed by atoms with E-state index in [1.54, 1.807) is 12.1 Å². The molecule has 6 rings (SSSR count). The molecule has 0 bridgehead atoms. The minimum absolute atomic E-state index is 0.251. The summed E-state index contributed by atoms with van der Waals surface area (Å²) in [5.41, 5.74) is 14.1. The van der Waals surface area contributed by atoms with Crippen molar-refractivity contribution in [3.05, 3.63) is 137 Å². The van der Waals surface area contributed by atoms with Crippen molar-refractivity contribution in [2.45, 2.75) is 39.7 Å². The van der Waals surface area contributed by atoms with E-state index in [2.05, 4.69) is 71.5 Å². The number of aryl methyl sites for hydroxylation is 2. The van der Waals surface area contributed by atoms with Gasteiger partial charge < -0.3 is 11.1 Å². The van der Waals surface area contributed by atoms with E-state index >= 15 is 0 Å². The highest BCUT2D eigenvalue weighted by Crippen LogP contribution is 2.35. The Morgan fingerprint density at radius 3 is 2.27 bits per heavy atom. The van der Waals surface area contributed by atoms with Crippen molar-refractivity contribution in [1.82, 2.24) is 9.88 Å². The van der Waals surface area contributed by atoms with Gasteiger partial charge in [0.05, 0.1) is 11.2 Å². The van der Waals surface area contributed by atoms with Gasteiger partial charge in [0, 0.05) is 36.9 Å². The van der Waals surface area contributed by atoms with Gasteiger partial charge in [0.25, 0.3) is 0 Å². The number of pyridine rings is 1. The van der Waals surface area contributed by atoms with Gasteiger partial charge in [-0.2, -0.15) is 0 Å². The number of amides is 1.